The van der Waals surface area contributed by atoms with Gasteiger partial charge in [0.15, 0.2) is 0 Å². The first-order chi connectivity index (χ1) is 9.16. The van der Waals surface area contributed by atoms with Gasteiger partial charge in [0.1, 0.15) is 18.2 Å². The Hall–Kier alpha value is -1.75. The molecule has 0 bridgehead atoms. The van der Waals surface area contributed by atoms with Crippen LogP contribution in [0.5, 0.6) is 5.75 Å². The molecule has 19 heavy (non-hydrogen) atoms. The van der Waals surface area contributed by atoms with Crippen LogP contribution in [0.15, 0.2) is 41.0 Å². The highest BCUT2D eigenvalue weighted by atomic mass is 79.9. The number of hydrogen-bond donors (Lipinski definition) is 2. The van der Waals surface area contributed by atoms with Gasteiger partial charge in [-0.3, -0.25) is 0 Å². The number of ether oxygens (including phenoxy) is 1. The highest BCUT2D eigenvalue weighted by Gasteiger charge is 2.01. The summed E-state index contributed by atoms with van der Waals surface area (Å²) in [5.74, 6) is 1.52. The van der Waals surface area contributed by atoms with E-state index in [9.17, 15) is 0 Å². The molecular weight excluding hydrogens is 306 g/mol. The van der Waals surface area contributed by atoms with Gasteiger partial charge < -0.3 is 15.8 Å². The zero-order valence-corrected chi connectivity index (χ0v) is 12.3. The number of nitrogens with two attached hydrogens (primary N) is 1. The predicted molar refractivity (Wildman–Crippen MR) is 81.5 cm³/mol. The van der Waals surface area contributed by atoms with Gasteiger partial charge in [0, 0.05) is 6.20 Å². The lowest BCUT2D eigenvalue weighted by atomic mass is 10.3. The molecule has 3 N–H and O–H groups in total. The number of halogens is 1. The van der Waals surface area contributed by atoms with Gasteiger partial charge in [-0.1, -0.05) is 12.1 Å². The molecule has 1 aromatic carbocycles. The lowest BCUT2D eigenvalue weighted by molar-refractivity contribution is 0.334. The van der Waals surface area contributed by atoms with Gasteiger partial charge in [-0.15, -0.1) is 0 Å². The number of aromatic nitrogens is 1. The molecule has 100 valence electrons. The molecule has 0 aliphatic carbocycles. The van der Waals surface area contributed by atoms with Crippen LogP contribution in [0.4, 0.5) is 11.5 Å². The molecule has 0 atom stereocenters. The Bertz CT molecular complexity index is 560. The van der Waals surface area contributed by atoms with E-state index in [0.717, 1.165) is 15.9 Å². The average molecular weight is 322 g/mol. The van der Waals surface area contributed by atoms with Crippen molar-refractivity contribution in [3.05, 3.63) is 46.6 Å². The lowest BCUT2D eigenvalue weighted by Gasteiger charge is -2.10. The molecule has 2 rings (SSSR count). The molecule has 0 aliphatic heterocycles. The molecule has 0 amide bonds. The lowest BCUT2D eigenvalue weighted by Crippen LogP contribution is -2.13. The van der Waals surface area contributed by atoms with Crippen LogP contribution < -0.4 is 15.8 Å². The molecule has 0 saturated carbocycles. The van der Waals surface area contributed by atoms with Crippen molar-refractivity contribution in [2.45, 2.75) is 6.92 Å². The summed E-state index contributed by atoms with van der Waals surface area (Å²) in [6, 6.07) is 9.48. The van der Waals surface area contributed by atoms with Crippen LogP contribution in [-0.4, -0.2) is 18.1 Å². The summed E-state index contributed by atoms with van der Waals surface area (Å²) in [7, 11) is 0. The van der Waals surface area contributed by atoms with Gasteiger partial charge in [-0.2, -0.15) is 0 Å². The molecule has 1 aromatic heterocycles. The van der Waals surface area contributed by atoms with Gasteiger partial charge in [0.2, 0.25) is 0 Å². The van der Waals surface area contributed by atoms with Crippen molar-refractivity contribution in [1.29, 1.82) is 0 Å². The van der Waals surface area contributed by atoms with Crippen LogP contribution in [-0.2, 0) is 0 Å². The van der Waals surface area contributed by atoms with E-state index in [1.807, 2.05) is 43.5 Å². The third-order valence-electron chi connectivity index (χ3n) is 2.55. The Labute approximate surface area is 121 Å². The Balaban J connectivity index is 1.83. The SMILES string of the molecule is Cc1cnc(NCCOc2ccccc2N)c(Br)c1. The monoisotopic (exact) mass is 321 g/mol. The fourth-order valence-electron chi connectivity index (χ4n) is 1.61. The summed E-state index contributed by atoms with van der Waals surface area (Å²) in [6.45, 7) is 3.18. The molecule has 4 nitrogen and oxygen atoms in total. The molecule has 0 unspecified atom stereocenters. The van der Waals surface area contributed by atoms with Gasteiger partial charge in [0.25, 0.3) is 0 Å². The number of nitrogen functional groups attached to an aromatic ring is 1. The highest BCUT2D eigenvalue weighted by Crippen LogP contribution is 2.21. The molecule has 5 heteroatoms. The van der Waals surface area contributed by atoms with Crippen molar-refractivity contribution in [1.82, 2.24) is 4.98 Å². The second-order valence-electron chi connectivity index (χ2n) is 4.16. The molecule has 0 fully saturated rings. The predicted octanol–water partition coefficient (Wildman–Crippen LogP) is 3.23. The molecular formula is C14H16BrN3O. The maximum absolute atomic E-state index is 5.79. The second kappa shape index (κ2) is 6.43. The van der Waals surface area contributed by atoms with Crippen LogP contribution in [0, 0.1) is 6.92 Å². The van der Waals surface area contributed by atoms with E-state index in [0.29, 0.717) is 24.6 Å². The zero-order chi connectivity index (χ0) is 13.7. The largest absolute Gasteiger partial charge is 0.490 e. The number of pyridine rings is 1. The summed E-state index contributed by atoms with van der Waals surface area (Å²) in [5.41, 5.74) is 7.56. The van der Waals surface area contributed by atoms with Gasteiger partial charge in [-0.05, 0) is 46.6 Å². The summed E-state index contributed by atoms with van der Waals surface area (Å²) in [4.78, 5) is 4.30. The smallest absolute Gasteiger partial charge is 0.142 e. The Kier molecular flexibility index (Phi) is 4.63. The van der Waals surface area contributed by atoms with Crippen molar-refractivity contribution in [3.8, 4) is 5.75 Å². The molecule has 0 aliphatic rings. The van der Waals surface area contributed by atoms with Crippen molar-refractivity contribution in [2.24, 2.45) is 0 Å². The number of rotatable bonds is 5. The number of para-hydroxylation sites is 2. The van der Waals surface area contributed by atoms with Crippen molar-refractivity contribution >= 4 is 27.4 Å². The maximum atomic E-state index is 5.79. The number of hydrogen-bond acceptors (Lipinski definition) is 4. The normalized spacial score (nSPS) is 10.2. The zero-order valence-electron chi connectivity index (χ0n) is 10.7. The van der Waals surface area contributed by atoms with Crippen molar-refractivity contribution in [2.75, 3.05) is 24.2 Å². The Morgan fingerprint density at radius 3 is 2.89 bits per heavy atom. The second-order valence-corrected chi connectivity index (χ2v) is 5.01. The topological polar surface area (TPSA) is 60.2 Å². The molecule has 0 radical (unpaired) electrons. The first-order valence-electron chi connectivity index (χ1n) is 6.00. The van der Waals surface area contributed by atoms with E-state index < -0.39 is 0 Å². The van der Waals surface area contributed by atoms with Crippen molar-refractivity contribution in [3.63, 3.8) is 0 Å². The summed E-state index contributed by atoms with van der Waals surface area (Å²) < 4.78 is 6.54. The third kappa shape index (κ3) is 3.86. The Morgan fingerprint density at radius 1 is 1.37 bits per heavy atom. The number of nitrogens with one attached hydrogen (secondary N) is 1. The average Bonchev–Trinajstić information content (AvgIpc) is 2.38. The number of nitrogens with zero attached hydrogens (tertiary/aromatic N) is 1. The first kappa shape index (κ1) is 13.7. The number of aryl methyl sites for hydroxylation is 1. The minimum atomic E-state index is 0.524. The quantitative estimate of drug-likeness (QED) is 0.655. The number of benzene rings is 1. The fourth-order valence-corrected chi connectivity index (χ4v) is 2.21. The van der Waals surface area contributed by atoms with E-state index in [1.54, 1.807) is 0 Å². The fraction of sp³-hybridized carbons (Fsp3) is 0.214. The van der Waals surface area contributed by atoms with Gasteiger partial charge in [-0.25, -0.2) is 4.98 Å². The van der Waals surface area contributed by atoms with Gasteiger partial charge >= 0.3 is 0 Å². The molecule has 1 heterocycles. The first-order valence-corrected chi connectivity index (χ1v) is 6.79. The van der Waals surface area contributed by atoms with Crippen LogP contribution in [0.1, 0.15) is 5.56 Å². The van der Waals surface area contributed by atoms with Crippen LogP contribution in [0.25, 0.3) is 0 Å². The highest BCUT2D eigenvalue weighted by molar-refractivity contribution is 9.10. The van der Waals surface area contributed by atoms with E-state index in [1.165, 1.54) is 0 Å². The summed E-state index contributed by atoms with van der Waals surface area (Å²) in [6.07, 6.45) is 1.82. The standard InChI is InChI=1S/C14H16BrN3O/c1-10-8-11(15)14(18-9-10)17-6-7-19-13-5-3-2-4-12(13)16/h2-5,8-9H,6-7,16H2,1H3,(H,17,18). The van der Waals surface area contributed by atoms with Crippen LogP contribution in [0.2, 0.25) is 0 Å². The van der Waals surface area contributed by atoms with Gasteiger partial charge in [0.05, 0.1) is 16.7 Å². The van der Waals surface area contributed by atoms with Crippen LogP contribution in [0.3, 0.4) is 0 Å². The Morgan fingerprint density at radius 2 is 2.16 bits per heavy atom. The van der Waals surface area contributed by atoms with E-state index >= 15 is 0 Å². The molecule has 0 spiro atoms. The number of anilines is 2. The van der Waals surface area contributed by atoms with E-state index in [-0.39, 0.29) is 0 Å². The molecule has 2 aromatic rings. The minimum Gasteiger partial charge on any atom is -0.490 e. The van der Waals surface area contributed by atoms with Crippen LogP contribution >= 0.6 is 15.9 Å². The van der Waals surface area contributed by atoms with Crippen molar-refractivity contribution < 1.29 is 4.74 Å². The summed E-state index contributed by atoms with van der Waals surface area (Å²) in [5, 5.41) is 3.21. The maximum Gasteiger partial charge on any atom is 0.142 e. The summed E-state index contributed by atoms with van der Waals surface area (Å²) >= 11 is 3.47. The van der Waals surface area contributed by atoms with E-state index in [2.05, 4.69) is 26.2 Å². The third-order valence-corrected chi connectivity index (χ3v) is 3.15. The minimum absolute atomic E-state index is 0.524. The van der Waals surface area contributed by atoms with E-state index in [4.69, 9.17) is 10.5 Å². The molecule has 0 saturated heterocycles.